The molecule has 14 heavy (non-hydrogen) atoms. The normalized spacial score (nSPS) is 24.6. The molecular formula is C8H14N2O2S2. The van der Waals surface area contributed by atoms with Crippen molar-refractivity contribution in [3.63, 3.8) is 0 Å². The van der Waals surface area contributed by atoms with Crippen LogP contribution in [0.1, 0.15) is 25.7 Å². The highest BCUT2D eigenvalue weighted by molar-refractivity contribution is 7.90. The zero-order valence-electron chi connectivity index (χ0n) is 7.77. The number of hydrogen-bond acceptors (Lipinski definition) is 3. The van der Waals surface area contributed by atoms with Crippen LogP contribution in [0.4, 0.5) is 0 Å². The fourth-order valence-corrected chi connectivity index (χ4v) is 3.42. The van der Waals surface area contributed by atoms with Crippen LogP contribution in [0.2, 0.25) is 0 Å². The predicted molar refractivity (Wildman–Crippen MR) is 58.4 cm³/mol. The highest BCUT2D eigenvalue weighted by Gasteiger charge is 2.41. The molecule has 0 aromatic heterocycles. The van der Waals surface area contributed by atoms with Gasteiger partial charge in [0.05, 0.1) is 16.3 Å². The van der Waals surface area contributed by atoms with Crippen molar-refractivity contribution >= 4 is 27.2 Å². The first-order valence-electron chi connectivity index (χ1n) is 4.81. The third-order valence-corrected chi connectivity index (χ3v) is 4.84. The van der Waals surface area contributed by atoms with Crippen LogP contribution in [-0.4, -0.2) is 24.7 Å². The van der Waals surface area contributed by atoms with E-state index in [-0.39, 0.29) is 16.3 Å². The lowest BCUT2D eigenvalue weighted by atomic mass is 10.2. The van der Waals surface area contributed by atoms with Gasteiger partial charge in [0.1, 0.15) is 0 Å². The Morgan fingerprint density at radius 1 is 1.36 bits per heavy atom. The predicted octanol–water partition coefficient (Wildman–Crippen LogP) is 0.133. The third-order valence-electron chi connectivity index (χ3n) is 2.65. The minimum atomic E-state index is -3.15. The summed E-state index contributed by atoms with van der Waals surface area (Å²) < 4.78 is 25.8. The molecular weight excluding hydrogens is 220 g/mol. The Labute approximate surface area is 89.3 Å². The quantitative estimate of drug-likeness (QED) is 0.663. The summed E-state index contributed by atoms with van der Waals surface area (Å²) in [7, 11) is -3.15. The van der Waals surface area contributed by atoms with Crippen LogP contribution in [0.5, 0.6) is 0 Å². The second-order valence-electron chi connectivity index (χ2n) is 4.08. The smallest absolute Gasteiger partial charge is 0.215 e. The van der Waals surface area contributed by atoms with Crippen LogP contribution in [0.25, 0.3) is 0 Å². The molecule has 0 saturated heterocycles. The maximum Gasteiger partial charge on any atom is 0.215 e. The van der Waals surface area contributed by atoms with Gasteiger partial charge in [-0.3, -0.25) is 0 Å². The average molecular weight is 234 g/mol. The Morgan fingerprint density at radius 3 is 2.29 bits per heavy atom. The lowest BCUT2D eigenvalue weighted by molar-refractivity contribution is 0.563. The standard InChI is InChI=1S/C8H14N2O2S2/c9-8(13)7(5-1-2-5)10-14(11,12)6-3-4-6/h5-7,10H,1-4H2,(H2,9,13). The summed E-state index contributed by atoms with van der Waals surface area (Å²) in [4.78, 5) is 0.275. The Bertz CT molecular complexity index is 344. The second kappa shape index (κ2) is 3.43. The molecule has 0 heterocycles. The fourth-order valence-electron chi connectivity index (χ4n) is 1.47. The Hall–Kier alpha value is -0.200. The van der Waals surface area contributed by atoms with E-state index in [2.05, 4.69) is 4.72 Å². The molecule has 0 radical (unpaired) electrons. The summed E-state index contributed by atoms with van der Waals surface area (Å²) in [5.74, 6) is 0.334. The molecule has 2 saturated carbocycles. The van der Waals surface area contributed by atoms with E-state index in [1.54, 1.807) is 0 Å². The Kier molecular flexibility index (Phi) is 2.53. The van der Waals surface area contributed by atoms with Crippen molar-refractivity contribution in [2.24, 2.45) is 11.7 Å². The summed E-state index contributed by atoms with van der Waals surface area (Å²) in [5.41, 5.74) is 5.51. The molecule has 1 unspecified atom stereocenters. The molecule has 2 fully saturated rings. The lowest BCUT2D eigenvalue weighted by Gasteiger charge is -2.16. The Morgan fingerprint density at radius 2 is 1.93 bits per heavy atom. The zero-order valence-corrected chi connectivity index (χ0v) is 9.40. The summed E-state index contributed by atoms with van der Waals surface area (Å²) in [6.07, 6.45) is 3.58. The lowest BCUT2D eigenvalue weighted by Crippen LogP contribution is -2.46. The number of hydrogen-bond donors (Lipinski definition) is 2. The highest BCUT2D eigenvalue weighted by Crippen LogP contribution is 2.35. The van der Waals surface area contributed by atoms with Gasteiger partial charge in [-0.2, -0.15) is 0 Å². The molecule has 2 rings (SSSR count). The van der Waals surface area contributed by atoms with Crippen LogP contribution < -0.4 is 10.5 Å². The van der Waals surface area contributed by atoms with Crippen LogP contribution in [-0.2, 0) is 10.0 Å². The molecule has 2 aliphatic rings. The van der Waals surface area contributed by atoms with Crippen molar-refractivity contribution in [1.29, 1.82) is 0 Å². The molecule has 0 amide bonds. The summed E-state index contributed by atoms with van der Waals surface area (Å²) in [6, 6.07) is -0.310. The van der Waals surface area contributed by atoms with Crippen LogP contribution in [0.15, 0.2) is 0 Å². The molecule has 0 spiro atoms. The van der Waals surface area contributed by atoms with E-state index in [4.69, 9.17) is 18.0 Å². The van der Waals surface area contributed by atoms with Gasteiger partial charge >= 0.3 is 0 Å². The largest absolute Gasteiger partial charge is 0.392 e. The van der Waals surface area contributed by atoms with Crippen molar-refractivity contribution < 1.29 is 8.42 Å². The molecule has 1 atom stereocenters. The van der Waals surface area contributed by atoms with Crippen molar-refractivity contribution in [2.75, 3.05) is 0 Å². The zero-order chi connectivity index (χ0) is 10.3. The van der Waals surface area contributed by atoms with Crippen LogP contribution in [0, 0.1) is 5.92 Å². The number of nitrogens with one attached hydrogen (secondary N) is 1. The van der Waals surface area contributed by atoms with Gasteiger partial charge in [0, 0.05) is 0 Å². The first kappa shape index (κ1) is 10.3. The maximum atomic E-state index is 11.6. The van der Waals surface area contributed by atoms with E-state index >= 15 is 0 Å². The van der Waals surface area contributed by atoms with E-state index < -0.39 is 10.0 Å². The van der Waals surface area contributed by atoms with Crippen molar-refractivity contribution in [1.82, 2.24) is 4.72 Å². The van der Waals surface area contributed by atoms with Gasteiger partial charge in [0.25, 0.3) is 0 Å². The van der Waals surface area contributed by atoms with Gasteiger partial charge in [-0.25, -0.2) is 13.1 Å². The van der Waals surface area contributed by atoms with Crippen molar-refractivity contribution in [3.05, 3.63) is 0 Å². The van der Waals surface area contributed by atoms with E-state index in [1.165, 1.54) is 0 Å². The van der Waals surface area contributed by atoms with Gasteiger partial charge in [0.2, 0.25) is 10.0 Å². The third kappa shape index (κ3) is 2.24. The van der Waals surface area contributed by atoms with Crippen LogP contribution in [0.3, 0.4) is 0 Å². The van der Waals surface area contributed by atoms with Gasteiger partial charge in [-0.05, 0) is 31.6 Å². The number of nitrogens with two attached hydrogens (primary N) is 1. The van der Waals surface area contributed by atoms with Gasteiger partial charge < -0.3 is 5.73 Å². The van der Waals surface area contributed by atoms with Crippen molar-refractivity contribution in [3.8, 4) is 0 Å². The summed E-state index contributed by atoms with van der Waals surface area (Å²) >= 11 is 4.86. The molecule has 80 valence electrons. The van der Waals surface area contributed by atoms with Gasteiger partial charge in [-0.15, -0.1) is 0 Å². The van der Waals surface area contributed by atoms with Gasteiger partial charge in [-0.1, -0.05) is 12.2 Å². The number of rotatable bonds is 5. The number of sulfonamides is 1. The van der Waals surface area contributed by atoms with Gasteiger partial charge in [0.15, 0.2) is 0 Å². The molecule has 0 aromatic rings. The second-order valence-corrected chi connectivity index (χ2v) is 6.54. The van der Waals surface area contributed by atoms with E-state index in [0.29, 0.717) is 5.92 Å². The minimum Gasteiger partial charge on any atom is -0.392 e. The summed E-state index contributed by atoms with van der Waals surface area (Å²) in [6.45, 7) is 0. The molecule has 6 heteroatoms. The van der Waals surface area contributed by atoms with E-state index in [9.17, 15) is 8.42 Å². The Balaban J connectivity index is 2.02. The SMILES string of the molecule is NC(=S)C(NS(=O)(=O)C1CC1)C1CC1. The topological polar surface area (TPSA) is 72.2 Å². The maximum absolute atomic E-state index is 11.6. The van der Waals surface area contributed by atoms with Crippen LogP contribution >= 0.6 is 12.2 Å². The molecule has 0 bridgehead atoms. The molecule has 3 N–H and O–H groups in total. The van der Waals surface area contributed by atoms with E-state index in [0.717, 1.165) is 25.7 Å². The van der Waals surface area contributed by atoms with Crippen molar-refractivity contribution in [2.45, 2.75) is 37.0 Å². The fraction of sp³-hybridized carbons (Fsp3) is 0.875. The molecule has 4 nitrogen and oxygen atoms in total. The first-order valence-corrected chi connectivity index (χ1v) is 6.76. The molecule has 0 aromatic carbocycles. The number of thiocarbonyl (C=S) groups is 1. The summed E-state index contributed by atoms with van der Waals surface area (Å²) in [5, 5.41) is -0.196. The monoisotopic (exact) mass is 234 g/mol. The average Bonchev–Trinajstić information content (AvgIpc) is 2.88. The highest BCUT2D eigenvalue weighted by atomic mass is 32.2. The molecule has 2 aliphatic carbocycles. The van der Waals surface area contributed by atoms with E-state index in [1.807, 2.05) is 0 Å². The first-order chi connectivity index (χ1) is 6.50. The molecule has 0 aliphatic heterocycles. The minimum absolute atomic E-state index is 0.196.